The summed E-state index contributed by atoms with van der Waals surface area (Å²) in [6, 6.07) is 16.9. The number of hydrogen-bond donors (Lipinski definition) is 1. The summed E-state index contributed by atoms with van der Waals surface area (Å²) in [6.45, 7) is 6.40. The Kier molecular flexibility index (Phi) is 4.48. The van der Waals surface area contributed by atoms with E-state index in [0.29, 0.717) is 0 Å². The first-order valence-electron chi connectivity index (χ1n) is 9.17. The van der Waals surface area contributed by atoms with E-state index in [1.807, 2.05) is 18.3 Å². The molecule has 3 aromatic rings. The molecular weight excluding hydrogens is 352 g/mol. The third-order valence-electron chi connectivity index (χ3n) is 5.58. The second-order valence-electron chi connectivity index (χ2n) is 7.22. The Morgan fingerprint density at radius 1 is 1.00 bits per heavy atom. The number of nitrogens with zero attached hydrogens (tertiary/aromatic N) is 3. The van der Waals surface area contributed by atoms with E-state index in [0.717, 1.165) is 16.5 Å². The van der Waals surface area contributed by atoms with Gasteiger partial charge in [-0.05, 0) is 80.5 Å². The fraction of sp³-hybridized carbons (Fsp3) is 0.273. The first-order chi connectivity index (χ1) is 13.0. The van der Waals surface area contributed by atoms with Crippen LogP contribution in [0.15, 0.2) is 54.7 Å². The normalized spacial score (nSPS) is 19.4. The van der Waals surface area contributed by atoms with Crippen LogP contribution in [0.25, 0.3) is 0 Å². The number of rotatable bonds is 3. The highest BCUT2D eigenvalue weighted by atomic mass is 32.1. The molecule has 1 aliphatic heterocycles. The minimum Gasteiger partial charge on any atom is -0.351 e. The van der Waals surface area contributed by atoms with Crippen LogP contribution in [0.4, 0.5) is 5.69 Å². The third kappa shape index (κ3) is 3.02. The second-order valence-corrected chi connectivity index (χ2v) is 7.61. The van der Waals surface area contributed by atoms with Gasteiger partial charge in [-0.1, -0.05) is 12.1 Å². The number of pyridine rings is 1. The Hall–Kier alpha value is -2.66. The molecule has 3 heterocycles. The summed E-state index contributed by atoms with van der Waals surface area (Å²) >= 11 is 5.78. The monoisotopic (exact) mass is 376 g/mol. The largest absolute Gasteiger partial charge is 0.351 e. The van der Waals surface area contributed by atoms with Crippen molar-refractivity contribution >= 4 is 23.0 Å². The minimum atomic E-state index is -0.00620. The van der Waals surface area contributed by atoms with Gasteiger partial charge in [0.05, 0.1) is 11.7 Å². The highest BCUT2D eigenvalue weighted by Crippen LogP contribution is 2.42. The second kappa shape index (κ2) is 6.82. The van der Waals surface area contributed by atoms with Crippen LogP contribution < -0.4 is 10.2 Å². The average Bonchev–Trinajstić information content (AvgIpc) is 3.18. The van der Waals surface area contributed by atoms with E-state index in [2.05, 4.69) is 84.0 Å². The molecule has 4 rings (SSSR count). The Morgan fingerprint density at radius 3 is 2.44 bits per heavy atom. The number of benzene rings is 1. The maximum Gasteiger partial charge on any atom is 0.174 e. The van der Waals surface area contributed by atoms with E-state index in [1.54, 1.807) is 0 Å². The third-order valence-corrected chi connectivity index (χ3v) is 5.90. The molecule has 0 aliphatic carbocycles. The van der Waals surface area contributed by atoms with Crippen molar-refractivity contribution in [1.29, 1.82) is 0 Å². The van der Waals surface area contributed by atoms with Crippen molar-refractivity contribution in [3.8, 4) is 0 Å². The average molecular weight is 377 g/mol. The number of nitrogens with one attached hydrogen (secondary N) is 1. The van der Waals surface area contributed by atoms with Crippen molar-refractivity contribution in [2.45, 2.75) is 32.9 Å². The smallest absolute Gasteiger partial charge is 0.174 e. The van der Waals surface area contributed by atoms with Crippen LogP contribution in [0.1, 0.15) is 40.3 Å². The Morgan fingerprint density at radius 2 is 1.81 bits per heavy atom. The van der Waals surface area contributed by atoms with Gasteiger partial charge in [0.2, 0.25) is 0 Å². The summed E-state index contributed by atoms with van der Waals surface area (Å²) in [5.74, 6) is 0. The zero-order valence-corrected chi connectivity index (χ0v) is 16.9. The van der Waals surface area contributed by atoms with Gasteiger partial charge in [0.15, 0.2) is 5.11 Å². The summed E-state index contributed by atoms with van der Waals surface area (Å²) in [5.41, 5.74) is 7.09. The van der Waals surface area contributed by atoms with Gasteiger partial charge in [0.1, 0.15) is 6.04 Å². The van der Waals surface area contributed by atoms with E-state index < -0.39 is 0 Å². The van der Waals surface area contributed by atoms with Crippen LogP contribution in [0.5, 0.6) is 0 Å². The van der Waals surface area contributed by atoms with Crippen LogP contribution in [-0.4, -0.2) is 14.7 Å². The Bertz CT molecular complexity index is 993. The molecule has 1 fully saturated rings. The fourth-order valence-electron chi connectivity index (χ4n) is 3.74. The van der Waals surface area contributed by atoms with E-state index in [9.17, 15) is 0 Å². The minimum absolute atomic E-state index is 0.00620. The topological polar surface area (TPSA) is 33.1 Å². The number of thiocarbonyl (C=S) groups is 1. The molecule has 1 aliphatic rings. The quantitative estimate of drug-likeness (QED) is 0.681. The van der Waals surface area contributed by atoms with E-state index in [-0.39, 0.29) is 12.1 Å². The molecule has 138 valence electrons. The van der Waals surface area contributed by atoms with Gasteiger partial charge in [-0.3, -0.25) is 4.98 Å². The molecule has 5 heteroatoms. The zero-order valence-electron chi connectivity index (χ0n) is 16.1. The summed E-state index contributed by atoms with van der Waals surface area (Å²) in [4.78, 5) is 6.84. The maximum absolute atomic E-state index is 5.78. The molecule has 4 nitrogen and oxygen atoms in total. The van der Waals surface area contributed by atoms with Gasteiger partial charge in [-0.15, -0.1) is 0 Å². The van der Waals surface area contributed by atoms with Gasteiger partial charge < -0.3 is 14.8 Å². The molecule has 1 aromatic carbocycles. The van der Waals surface area contributed by atoms with E-state index in [4.69, 9.17) is 12.2 Å². The van der Waals surface area contributed by atoms with Crippen molar-refractivity contribution in [3.05, 3.63) is 82.9 Å². The zero-order chi connectivity index (χ0) is 19.1. The first-order valence-corrected chi connectivity index (χ1v) is 9.58. The molecular formula is C22H24N4S. The Balaban J connectivity index is 1.87. The van der Waals surface area contributed by atoms with Crippen molar-refractivity contribution in [2.24, 2.45) is 7.05 Å². The van der Waals surface area contributed by atoms with Crippen molar-refractivity contribution in [1.82, 2.24) is 14.9 Å². The molecule has 1 saturated heterocycles. The molecule has 0 saturated carbocycles. The number of hydrogen-bond acceptors (Lipinski definition) is 2. The van der Waals surface area contributed by atoms with Gasteiger partial charge >= 0.3 is 0 Å². The molecule has 0 radical (unpaired) electrons. The Labute approximate surface area is 165 Å². The lowest BCUT2D eigenvalue weighted by Gasteiger charge is -2.29. The van der Waals surface area contributed by atoms with Crippen molar-refractivity contribution in [2.75, 3.05) is 4.90 Å². The van der Waals surface area contributed by atoms with Gasteiger partial charge in [-0.2, -0.15) is 0 Å². The fourth-order valence-corrected chi connectivity index (χ4v) is 4.09. The first kappa shape index (κ1) is 17.7. The van der Waals surface area contributed by atoms with Crippen molar-refractivity contribution < 1.29 is 0 Å². The SMILES string of the molecule is Cc1ccc(N2C(=S)NC(c3ccccn3)C2c2ccc(C)n2C)cc1C. The molecule has 2 unspecified atom stereocenters. The van der Waals surface area contributed by atoms with Gasteiger partial charge in [0.25, 0.3) is 0 Å². The molecule has 0 spiro atoms. The predicted molar refractivity (Wildman–Crippen MR) is 114 cm³/mol. The predicted octanol–water partition coefficient (Wildman–Crippen LogP) is 4.52. The summed E-state index contributed by atoms with van der Waals surface area (Å²) in [6.07, 6.45) is 1.84. The van der Waals surface area contributed by atoms with Gasteiger partial charge in [0, 0.05) is 30.3 Å². The van der Waals surface area contributed by atoms with Gasteiger partial charge in [-0.25, -0.2) is 0 Å². The lowest BCUT2D eigenvalue weighted by Crippen LogP contribution is -2.30. The molecule has 2 aromatic heterocycles. The summed E-state index contributed by atoms with van der Waals surface area (Å²) < 4.78 is 2.24. The van der Waals surface area contributed by atoms with Crippen LogP contribution >= 0.6 is 12.2 Å². The maximum atomic E-state index is 5.78. The lowest BCUT2D eigenvalue weighted by molar-refractivity contribution is 0.539. The molecule has 0 amide bonds. The highest BCUT2D eigenvalue weighted by Gasteiger charge is 2.42. The highest BCUT2D eigenvalue weighted by molar-refractivity contribution is 7.80. The van der Waals surface area contributed by atoms with Crippen LogP contribution in [0.2, 0.25) is 0 Å². The van der Waals surface area contributed by atoms with E-state index in [1.165, 1.54) is 22.5 Å². The summed E-state index contributed by atoms with van der Waals surface area (Å²) in [5, 5.41) is 4.25. The standard InChI is InChI=1S/C22H24N4S/c1-14-8-10-17(13-15(14)2)26-21(19-11-9-16(3)25(19)4)20(24-22(26)27)18-7-5-6-12-23-18/h5-13,20-21H,1-4H3,(H,24,27). The molecule has 1 N–H and O–H groups in total. The van der Waals surface area contributed by atoms with E-state index >= 15 is 0 Å². The molecule has 2 atom stereocenters. The lowest BCUT2D eigenvalue weighted by atomic mass is 10.0. The number of aryl methyl sites for hydroxylation is 3. The molecule has 27 heavy (non-hydrogen) atoms. The summed E-state index contributed by atoms with van der Waals surface area (Å²) in [7, 11) is 2.11. The van der Waals surface area contributed by atoms with Crippen LogP contribution in [-0.2, 0) is 7.05 Å². The number of anilines is 1. The number of aromatic nitrogens is 2. The molecule has 0 bridgehead atoms. The van der Waals surface area contributed by atoms with Crippen LogP contribution in [0.3, 0.4) is 0 Å². The van der Waals surface area contributed by atoms with Crippen molar-refractivity contribution in [3.63, 3.8) is 0 Å². The van der Waals surface area contributed by atoms with Crippen LogP contribution in [0, 0.1) is 20.8 Å².